The number of hydrogen-bond donors (Lipinski definition) is 3. The first-order valence-electron chi connectivity index (χ1n) is 9.07. The molecule has 0 aromatic heterocycles. The van der Waals surface area contributed by atoms with E-state index in [0.717, 1.165) is 43.4 Å². The maximum absolute atomic E-state index is 11.9. The van der Waals surface area contributed by atoms with Crippen LogP contribution in [0, 0.1) is 0 Å². The SMILES string of the molecule is CC(C)=CCC/C(C)=C\CC/C(C)=C\COC(=O)c1cc(O)c(O)c(O)c1. The molecule has 0 aliphatic carbocycles. The van der Waals surface area contributed by atoms with Crippen LogP contribution < -0.4 is 0 Å². The maximum atomic E-state index is 11.9. The van der Waals surface area contributed by atoms with Gasteiger partial charge < -0.3 is 20.1 Å². The lowest BCUT2D eigenvalue weighted by molar-refractivity contribution is 0.0548. The van der Waals surface area contributed by atoms with E-state index in [2.05, 4.69) is 32.9 Å². The van der Waals surface area contributed by atoms with E-state index in [-0.39, 0.29) is 12.2 Å². The van der Waals surface area contributed by atoms with Crippen LogP contribution in [0.3, 0.4) is 0 Å². The second-order valence-electron chi connectivity index (χ2n) is 6.92. The van der Waals surface area contributed by atoms with Crippen molar-refractivity contribution in [3.8, 4) is 17.2 Å². The summed E-state index contributed by atoms with van der Waals surface area (Å²) in [6.07, 6.45) is 10.3. The van der Waals surface area contributed by atoms with Crippen LogP contribution in [0.5, 0.6) is 17.2 Å². The molecule has 0 saturated heterocycles. The number of carbonyl (C=O) groups is 1. The van der Waals surface area contributed by atoms with Crippen LogP contribution in [-0.2, 0) is 4.74 Å². The monoisotopic (exact) mass is 374 g/mol. The summed E-state index contributed by atoms with van der Waals surface area (Å²) >= 11 is 0. The van der Waals surface area contributed by atoms with Gasteiger partial charge in [-0.1, -0.05) is 28.9 Å². The summed E-state index contributed by atoms with van der Waals surface area (Å²) < 4.78 is 5.11. The molecule has 0 spiro atoms. The largest absolute Gasteiger partial charge is 0.504 e. The summed E-state index contributed by atoms with van der Waals surface area (Å²) in [4.78, 5) is 11.9. The van der Waals surface area contributed by atoms with Crippen LogP contribution in [-0.4, -0.2) is 27.9 Å². The number of phenolic OH excluding ortho intramolecular Hbond substituents is 3. The number of ether oxygens (including phenoxy) is 1. The molecular formula is C22H30O5. The molecule has 0 radical (unpaired) electrons. The van der Waals surface area contributed by atoms with Crippen molar-refractivity contribution in [2.75, 3.05) is 6.61 Å². The molecule has 0 unspecified atom stereocenters. The van der Waals surface area contributed by atoms with E-state index in [1.54, 1.807) is 0 Å². The summed E-state index contributed by atoms with van der Waals surface area (Å²) in [6, 6.07) is 2.10. The number of carbonyl (C=O) groups excluding carboxylic acids is 1. The normalized spacial score (nSPS) is 12.0. The Morgan fingerprint density at radius 1 is 0.889 bits per heavy atom. The maximum Gasteiger partial charge on any atom is 0.338 e. The third kappa shape index (κ3) is 8.49. The van der Waals surface area contributed by atoms with Crippen LogP contribution in [0.25, 0.3) is 0 Å². The number of aromatic hydroxyl groups is 3. The highest BCUT2D eigenvalue weighted by Crippen LogP contribution is 2.35. The Morgan fingerprint density at radius 3 is 1.96 bits per heavy atom. The third-order valence-electron chi connectivity index (χ3n) is 4.07. The van der Waals surface area contributed by atoms with E-state index in [1.807, 2.05) is 13.0 Å². The van der Waals surface area contributed by atoms with Gasteiger partial charge in [-0.15, -0.1) is 0 Å². The molecule has 0 heterocycles. The first-order chi connectivity index (χ1) is 12.7. The van der Waals surface area contributed by atoms with E-state index in [9.17, 15) is 20.1 Å². The van der Waals surface area contributed by atoms with Crippen molar-refractivity contribution < 1.29 is 24.9 Å². The number of allylic oxidation sites excluding steroid dienone is 5. The van der Waals surface area contributed by atoms with Crippen molar-refractivity contribution in [3.63, 3.8) is 0 Å². The summed E-state index contributed by atoms with van der Waals surface area (Å²) in [6.45, 7) is 8.44. The van der Waals surface area contributed by atoms with Gasteiger partial charge in [0.2, 0.25) is 0 Å². The van der Waals surface area contributed by atoms with Crippen molar-refractivity contribution in [1.82, 2.24) is 0 Å². The summed E-state index contributed by atoms with van der Waals surface area (Å²) in [7, 11) is 0. The molecule has 0 bridgehead atoms. The average Bonchev–Trinajstić information content (AvgIpc) is 2.58. The molecule has 0 atom stereocenters. The first-order valence-corrected chi connectivity index (χ1v) is 9.07. The van der Waals surface area contributed by atoms with Gasteiger partial charge in [0.15, 0.2) is 17.2 Å². The van der Waals surface area contributed by atoms with Gasteiger partial charge in [0, 0.05) is 0 Å². The molecular weight excluding hydrogens is 344 g/mol. The average molecular weight is 374 g/mol. The lowest BCUT2D eigenvalue weighted by Crippen LogP contribution is -2.05. The van der Waals surface area contributed by atoms with Crippen LogP contribution >= 0.6 is 0 Å². The molecule has 27 heavy (non-hydrogen) atoms. The van der Waals surface area contributed by atoms with Crippen LogP contribution in [0.15, 0.2) is 47.1 Å². The van der Waals surface area contributed by atoms with Crippen molar-refractivity contribution in [3.05, 3.63) is 52.6 Å². The number of rotatable bonds is 9. The van der Waals surface area contributed by atoms with Gasteiger partial charge in [-0.3, -0.25) is 0 Å². The minimum atomic E-state index is -0.681. The summed E-state index contributed by atoms with van der Waals surface area (Å²) in [5.41, 5.74) is 3.81. The second-order valence-corrected chi connectivity index (χ2v) is 6.92. The summed E-state index contributed by atoms with van der Waals surface area (Å²) in [5, 5.41) is 28.1. The molecule has 3 N–H and O–H groups in total. The topological polar surface area (TPSA) is 87.0 Å². The zero-order valence-electron chi connectivity index (χ0n) is 16.6. The number of esters is 1. The van der Waals surface area contributed by atoms with E-state index < -0.39 is 23.2 Å². The third-order valence-corrected chi connectivity index (χ3v) is 4.07. The Kier molecular flexibility index (Phi) is 9.20. The van der Waals surface area contributed by atoms with Gasteiger partial charge in [-0.2, -0.15) is 0 Å². The quantitative estimate of drug-likeness (QED) is 0.307. The van der Waals surface area contributed by atoms with Crippen molar-refractivity contribution >= 4 is 5.97 Å². The first kappa shape index (κ1) is 22.4. The van der Waals surface area contributed by atoms with Crippen LogP contribution in [0.4, 0.5) is 0 Å². The highest BCUT2D eigenvalue weighted by atomic mass is 16.5. The predicted molar refractivity (Wildman–Crippen MR) is 107 cm³/mol. The Balaban J connectivity index is 2.42. The lowest BCUT2D eigenvalue weighted by Gasteiger charge is -2.06. The Hall–Kier alpha value is -2.69. The standard InChI is InChI=1S/C22H30O5/c1-15(2)7-5-8-16(3)9-6-10-17(4)11-12-27-22(26)18-13-19(23)21(25)20(24)14-18/h7,9,11,13-14,23-25H,5-6,8,10,12H2,1-4H3/b16-9-,17-11-. The van der Waals surface area contributed by atoms with E-state index in [4.69, 9.17) is 4.74 Å². The molecule has 0 saturated carbocycles. The van der Waals surface area contributed by atoms with Crippen molar-refractivity contribution in [2.24, 2.45) is 0 Å². The molecule has 1 aromatic carbocycles. The number of benzene rings is 1. The lowest BCUT2D eigenvalue weighted by atomic mass is 10.1. The zero-order valence-corrected chi connectivity index (χ0v) is 16.6. The fourth-order valence-electron chi connectivity index (χ4n) is 2.40. The molecule has 148 valence electrons. The molecule has 1 aromatic rings. The molecule has 1 rings (SSSR count). The highest BCUT2D eigenvalue weighted by Gasteiger charge is 2.14. The molecule has 0 fully saturated rings. The molecule has 0 amide bonds. The van der Waals surface area contributed by atoms with Gasteiger partial charge in [0.25, 0.3) is 0 Å². The van der Waals surface area contributed by atoms with Gasteiger partial charge in [0.05, 0.1) is 5.56 Å². The van der Waals surface area contributed by atoms with Gasteiger partial charge in [-0.25, -0.2) is 4.79 Å². The second kappa shape index (κ2) is 11.1. The van der Waals surface area contributed by atoms with E-state index >= 15 is 0 Å². The van der Waals surface area contributed by atoms with Gasteiger partial charge in [-0.05, 0) is 71.6 Å². The van der Waals surface area contributed by atoms with E-state index in [1.165, 1.54) is 11.1 Å². The number of hydrogen-bond acceptors (Lipinski definition) is 5. The summed E-state index contributed by atoms with van der Waals surface area (Å²) in [5.74, 6) is -2.48. The van der Waals surface area contributed by atoms with Gasteiger partial charge in [0.1, 0.15) is 6.61 Å². The highest BCUT2D eigenvalue weighted by molar-refractivity contribution is 5.91. The number of phenols is 3. The Bertz CT molecular complexity index is 714. The minimum absolute atomic E-state index is 0.0243. The van der Waals surface area contributed by atoms with Crippen molar-refractivity contribution in [1.29, 1.82) is 0 Å². The smallest absolute Gasteiger partial charge is 0.338 e. The molecule has 0 aliphatic heterocycles. The van der Waals surface area contributed by atoms with Crippen LogP contribution in [0.1, 0.15) is 63.7 Å². The molecule has 0 aliphatic rings. The van der Waals surface area contributed by atoms with Crippen LogP contribution in [0.2, 0.25) is 0 Å². The molecule has 5 nitrogen and oxygen atoms in total. The van der Waals surface area contributed by atoms with E-state index in [0.29, 0.717) is 0 Å². The fourth-order valence-corrected chi connectivity index (χ4v) is 2.40. The predicted octanol–water partition coefficient (Wildman–Crippen LogP) is 5.38. The molecule has 5 heteroatoms. The van der Waals surface area contributed by atoms with Gasteiger partial charge >= 0.3 is 5.97 Å². The zero-order chi connectivity index (χ0) is 20.4. The minimum Gasteiger partial charge on any atom is -0.504 e. The van der Waals surface area contributed by atoms with Crippen molar-refractivity contribution in [2.45, 2.75) is 53.4 Å². The Labute approximate surface area is 161 Å². The fraction of sp³-hybridized carbons (Fsp3) is 0.409. The Morgan fingerprint density at radius 2 is 1.41 bits per heavy atom.